The Morgan fingerprint density at radius 2 is 1.96 bits per heavy atom. The molecular weight excluding hydrogens is 309 g/mol. The van der Waals surface area contributed by atoms with Gasteiger partial charge in [0.05, 0.1) is 12.2 Å². The Hall–Kier alpha value is -1.98. The molecule has 3 nitrogen and oxygen atoms in total. The van der Waals surface area contributed by atoms with Gasteiger partial charge in [-0.25, -0.2) is 4.79 Å². The molecule has 6 heteroatoms. The minimum absolute atomic E-state index is 0.0721. The normalized spacial score (nSPS) is 16.7. The number of hydrogen-bond acceptors (Lipinski definition) is 2. The maximum Gasteiger partial charge on any atom is 0.416 e. The molecule has 126 valence electrons. The van der Waals surface area contributed by atoms with Gasteiger partial charge < -0.3 is 9.84 Å². The minimum atomic E-state index is -4.46. The van der Waals surface area contributed by atoms with Crippen molar-refractivity contribution in [1.82, 2.24) is 0 Å². The van der Waals surface area contributed by atoms with E-state index in [2.05, 4.69) is 0 Å². The maximum absolute atomic E-state index is 12.8. The molecule has 1 aromatic carbocycles. The van der Waals surface area contributed by atoms with Crippen LogP contribution in [-0.4, -0.2) is 17.7 Å². The average molecular weight is 328 g/mol. The van der Waals surface area contributed by atoms with E-state index in [0.717, 1.165) is 43.9 Å². The van der Waals surface area contributed by atoms with Crippen LogP contribution in [-0.2, 0) is 11.0 Å². The number of aliphatic carboxylic acids is 1. The summed E-state index contributed by atoms with van der Waals surface area (Å²) in [7, 11) is 0. The smallest absolute Gasteiger partial charge is 0.416 e. The Kier molecular flexibility index (Phi) is 5.69. The van der Waals surface area contributed by atoms with Gasteiger partial charge in [-0.2, -0.15) is 13.2 Å². The molecule has 0 radical (unpaired) electrons. The van der Waals surface area contributed by atoms with Crippen LogP contribution in [0.4, 0.5) is 13.2 Å². The molecule has 0 saturated heterocycles. The van der Waals surface area contributed by atoms with Crippen LogP contribution in [0.5, 0.6) is 5.75 Å². The van der Waals surface area contributed by atoms with E-state index in [1.165, 1.54) is 18.6 Å². The SMILES string of the molecule is O=C(O)C=Cc1ccc(C(F)(F)F)cc1OCC1CCCCC1. The van der Waals surface area contributed by atoms with Crippen LogP contribution < -0.4 is 4.74 Å². The first-order valence-corrected chi connectivity index (χ1v) is 7.61. The Morgan fingerprint density at radius 3 is 2.57 bits per heavy atom. The lowest BCUT2D eigenvalue weighted by Crippen LogP contribution is -2.16. The van der Waals surface area contributed by atoms with Gasteiger partial charge >= 0.3 is 12.1 Å². The van der Waals surface area contributed by atoms with E-state index in [-0.39, 0.29) is 5.75 Å². The van der Waals surface area contributed by atoms with Crippen LogP contribution in [0.2, 0.25) is 0 Å². The van der Waals surface area contributed by atoms with Crippen molar-refractivity contribution in [3.05, 3.63) is 35.4 Å². The molecule has 0 heterocycles. The summed E-state index contributed by atoms with van der Waals surface area (Å²) in [5.41, 5.74) is -0.472. The van der Waals surface area contributed by atoms with E-state index in [4.69, 9.17) is 9.84 Å². The third kappa shape index (κ3) is 5.30. The predicted molar refractivity (Wildman–Crippen MR) is 80.2 cm³/mol. The van der Waals surface area contributed by atoms with E-state index < -0.39 is 17.7 Å². The van der Waals surface area contributed by atoms with Crippen molar-refractivity contribution in [3.63, 3.8) is 0 Å². The van der Waals surface area contributed by atoms with E-state index in [9.17, 15) is 18.0 Å². The zero-order valence-electron chi connectivity index (χ0n) is 12.6. The molecule has 0 atom stereocenters. The standard InChI is InChI=1S/C17H19F3O3/c18-17(19,20)14-8-6-13(7-9-16(21)22)15(10-14)23-11-12-4-2-1-3-5-12/h6-10,12H,1-5,11H2,(H,21,22). The van der Waals surface area contributed by atoms with E-state index in [1.54, 1.807) is 0 Å². The van der Waals surface area contributed by atoms with Gasteiger partial charge in [-0.05, 0) is 37.0 Å². The van der Waals surface area contributed by atoms with Crippen molar-refractivity contribution in [1.29, 1.82) is 0 Å². The zero-order chi connectivity index (χ0) is 16.9. The fourth-order valence-corrected chi connectivity index (χ4v) is 2.70. The summed E-state index contributed by atoms with van der Waals surface area (Å²) in [5.74, 6) is -0.749. The highest BCUT2D eigenvalue weighted by Crippen LogP contribution is 2.34. The summed E-state index contributed by atoms with van der Waals surface area (Å²) in [6, 6.07) is 3.10. The number of carbonyl (C=O) groups is 1. The summed E-state index contributed by atoms with van der Waals surface area (Å²) in [4.78, 5) is 10.6. The number of carboxylic acid groups (broad SMARTS) is 1. The van der Waals surface area contributed by atoms with E-state index in [1.807, 2.05) is 0 Å². The molecule has 0 aromatic heterocycles. The van der Waals surface area contributed by atoms with Gasteiger partial charge in [0.25, 0.3) is 0 Å². The minimum Gasteiger partial charge on any atom is -0.493 e. The van der Waals surface area contributed by atoms with Gasteiger partial charge in [0, 0.05) is 11.6 Å². The summed E-state index contributed by atoms with van der Waals surface area (Å²) in [6.07, 6.45) is 3.11. The van der Waals surface area contributed by atoms with E-state index >= 15 is 0 Å². The molecule has 0 spiro atoms. The lowest BCUT2D eigenvalue weighted by atomic mass is 9.90. The molecule has 0 amide bonds. The lowest BCUT2D eigenvalue weighted by Gasteiger charge is -2.22. The van der Waals surface area contributed by atoms with Gasteiger partial charge in [-0.15, -0.1) is 0 Å². The van der Waals surface area contributed by atoms with Crippen molar-refractivity contribution >= 4 is 12.0 Å². The largest absolute Gasteiger partial charge is 0.493 e. The monoisotopic (exact) mass is 328 g/mol. The van der Waals surface area contributed by atoms with Crippen molar-refractivity contribution < 1.29 is 27.8 Å². The highest BCUT2D eigenvalue weighted by molar-refractivity contribution is 5.85. The fourth-order valence-electron chi connectivity index (χ4n) is 2.70. The van der Waals surface area contributed by atoms with Gasteiger partial charge in [-0.1, -0.05) is 25.3 Å². The summed E-state index contributed by atoms with van der Waals surface area (Å²) < 4.78 is 44.1. The Labute approximate surface area is 132 Å². The topological polar surface area (TPSA) is 46.5 Å². The second kappa shape index (κ2) is 7.53. The van der Waals surface area contributed by atoms with Crippen LogP contribution in [0, 0.1) is 5.92 Å². The average Bonchev–Trinajstić information content (AvgIpc) is 2.51. The van der Waals surface area contributed by atoms with Crippen LogP contribution in [0.1, 0.15) is 43.2 Å². The second-order valence-corrected chi connectivity index (χ2v) is 5.74. The third-order valence-corrected chi connectivity index (χ3v) is 3.95. The Morgan fingerprint density at radius 1 is 1.26 bits per heavy atom. The first kappa shape index (κ1) is 17.4. The summed E-state index contributed by atoms with van der Waals surface area (Å²) in [6.45, 7) is 0.356. The van der Waals surface area contributed by atoms with Gasteiger partial charge in [0.1, 0.15) is 5.75 Å². The molecule has 1 N–H and O–H groups in total. The number of ether oxygens (including phenoxy) is 1. The molecule has 1 aliphatic carbocycles. The molecule has 23 heavy (non-hydrogen) atoms. The molecule has 1 aliphatic rings. The Balaban J connectivity index is 2.18. The van der Waals surface area contributed by atoms with Crippen molar-refractivity contribution in [2.24, 2.45) is 5.92 Å². The number of benzene rings is 1. The molecule has 2 rings (SSSR count). The summed E-state index contributed by atoms with van der Waals surface area (Å²) in [5, 5.41) is 8.68. The Bertz CT molecular complexity index is 573. The third-order valence-electron chi connectivity index (χ3n) is 3.95. The highest BCUT2D eigenvalue weighted by atomic mass is 19.4. The maximum atomic E-state index is 12.8. The van der Waals surface area contributed by atoms with Crippen LogP contribution in [0.15, 0.2) is 24.3 Å². The molecule has 0 aliphatic heterocycles. The molecule has 0 unspecified atom stereocenters. The van der Waals surface area contributed by atoms with Gasteiger partial charge in [-0.3, -0.25) is 0 Å². The fraction of sp³-hybridized carbons (Fsp3) is 0.471. The molecule has 1 saturated carbocycles. The highest BCUT2D eigenvalue weighted by Gasteiger charge is 2.31. The lowest BCUT2D eigenvalue weighted by molar-refractivity contribution is -0.137. The second-order valence-electron chi connectivity index (χ2n) is 5.74. The zero-order valence-corrected chi connectivity index (χ0v) is 12.6. The first-order valence-electron chi connectivity index (χ1n) is 7.61. The van der Waals surface area contributed by atoms with Crippen molar-refractivity contribution in [2.75, 3.05) is 6.61 Å². The van der Waals surface area contributed by atoms with Gasteiger partial charge in [0.2, 0.25) is 0 Å². The van der Waals surface area contributed by atoms with Crippen molar-refractivity contribution in [2.45, 2.75) is 38.3 Å². The van der Waals surface area contributed by atoms with Crippen molar-refractivity contribution in [3.8, 4) is 5.75 Å². The quantitative estimate of drug-likeness (QED) is 0.793. The van der Waals surface area contributed by atoms with Crippen LogP contribution in [0.3, 0.4) is 0 Å². The predicted octanol–water partition coefficient (Wildman–Crippen LogP) is 4.76. The molecule has 1 fully saturated rings. The first-order chi connectivity index (χ1) is 10.9. The number of alkyl halides is 3. The van der Waals surface area contributed by atoms with Gasteiger partial charge in [0.15, 0.2) is 0 Å². The molecular formula is C17H19F3O3. The summed E-state index contributed by atoms with van der Waals surface area (Å²) >= 11 is 0. The van der Waals surface area contributed by atoms with E-state index in [0.29, 0.717) is 18.1 Å². The number of carboxylic acids is 1. The van der Waals surface area contributed by atoms with Crippen LogP contribution in [0.25, 0.3) is 6.08 Å². The van der Waals surface area contributed by atoms with Crippen LogP contribution >= 0.6 is 0 Å². The number of hydrogen-bond donors (Lipinski definition) is 1. The number of rotatable bonds is 5. The molecule has 1 aromatic rings. The number of halogens is 3. The molecule has 0 bridgehead atoms.